The fourth-order valence-electron chi connectivity index (χ4n) is 2.72. The monoisotopic (exact) mass is 534 g/mol. The Balaban J connectivity index is 1.51. The molecule has 0 spiro atoms. The minimum atomic E-state index is -0.213. The molecule has 32 heavy (non-hydrogen) atoms. The molecule has 0 aliphatic rings. The lowest BCUT2D eigenvalue weighted by molar-refractivity contribution is -0.129. The number of nitrogens with zero attached hydrogens (tertiary/aromatic N) is 3. The SMILES string of the molecule is COCCN(CCC(=O)Nc1nnc(-c2ccc(Br)cc2)s1)C(=O)CSc1ccccc1. The average molecular weight is 535 g/mol. The van der Waals surface area contributed by atoms with E-state index < -0.39 is 0 Å². The highest BCUT2D eigenvalue weighted by molar-refractivity contribution is 9.10. The second-order valence-corrected chi connectivity index (χ2v) is 9.63. The lowest BCUT2D eigenvalue weighted by atomic mass is 10.2. The number of carbonyl (C=O) groups excluding carboxylic acids is 2. The molecule has 1 heterocycles. The van der Waals surface area contributed by atoms with Crippen LogP contribution < -0.4 is 5.32 Å². The van der Waals surface area contributed by atoms with Crippen molar-refractivity contribution in [3.63, 3.8) is 0 Å². The molecule has 0 fully saturated rings. The van der Waals surface area contributed by atoms with Gasteiger partial charge in [-0.3, -0.25) is 9.59 Å². The predicted molar refractivity (Wildman–Crippen MR) is 132 cm³/mol. The van der Waals surface area contributed by atoms with Crippen molar-refractivity contribution in [1.82, 2.24) is 15.1 Å². The van der Waals surface area contributed by atoms with Gasteiger partial charge in [0.25, 0.3) is 0 Å². The average Bonchev–Trinajstić information content (AvgIpc) is 3.27. The number of hydrogen-bond donors (Lipinski definition) is 1. The van der Waals surface area contributed by atoms with E-state index in [4.69, 9.17) is 4.74 Å². The van der Waals surface area contributed by atoms with Crippen LogP contribution in [0.4, 0.5) is 5.13 Å². The van der Waals surface area contributed by atoms with Crippen LogP contribution in [-0.4, -0.2) is 59.5 Å². The van der Waals surface area contributed by atoms with Crippen molar-refractivity contribution in [3.8, 4) is 10.6 Å². The Labute approximate surface area is 203 Å². The lowest BCUT2D eigenvalue weighted by Gasteiger charge is -2.22. The third-order valence-corrected chi connectivity index (χ3v) is 6.81. The van der Waals surface area contributed by atoms with Crippen LogP contribution in [0.2, 0.25) is 0 Å². The van der Waals surface area contributed by atoms with E-state index in [0.29, 0.717) is 30.6 Å². The first-order valence-corrected chi connectivity index (χ1v) is 12.5. The summed E-state index contributed by atoms with van der Waals surface area (Å²) in [5, 5.41) is 12.1. The van der Waals surface area contributed by atoms with Gasteiger partial charge < -0.3 is 15.0 Å². The van der Waals surface area contributed by atoms with Gasteiger partial charge in [-0.1, -0.05) is 57.6 Å². The van der Waals surface area contributed by atoms with Crippen LogP contribution in [0.3, 0.4) is 0 Å². The highest BCUT2D eigenvalue weighted by Gasteiger charge is 2.16. The molecule has 2 aromatic carbocycles. The second-order valence-electron chi connectivity index (χ2n) is 6.69. The third kappa shape index (κ3) is 7.70. The molecule has 0 aliphatic carbocycles. The van der Waals surface area contributed by atoms with Crippen molar-refractivity contribution in [2.75, 3.05) is 37.9 Å². The summed E-state index contributed by atoms with van der Waals surface area (Å²) in [4.78, 5) is 27.8. The van der Waals surface area contributed by atoms with E-state index in [1.54, 1.807) is 12.0 Å². The first-order valence-electron chi connectivity index (χ1n) is 9.89. The molecule has 0 saturated heterocycles. The number of halogens is 1. The van der Waals surface area contributed by atoms with Crippen molar-refractivity contribution in [1.29, 1.82) is 0 Å². The van der Waals surface area contributed by atoms with Crippen LogP contribution >= 0.6 is 39.0 Å². The van der Waals surface area contributed by atoms with Crippen LogP contribution in [0.15, 0.2) is 64.0 Å². The van der Waals surface area contributed by atoms with E-state index in [1.807, 2.05) is 54.6 Å². The van der Waals surface area contributed by atoms with Crippen molar-refractivity contribution in [2.24, 2.45) is 0 Å². The molecule has 2 amide bonds. The topological polar surface area (TPSA) is 84.4 Å². The van der Waals surface area contributed by atoms with Crippen LogP contribution in [0, 0.1) is 0 Å². The molecule has 0 saturated carbocycles. The third-order valence-electron chi connectivity index (χ3n) is 4.39. The van der Waals surface area contributed by atoms with Gasteiger partial charge in [0.2, 0.25) is 16.9 Å². The number of aromatic nitrogens is 2. The summed E-state index contributed by atoms with van der Waals surface area (Å²) in [6, 6.07) is 17.5. The van der Waals surface area contributed by atoms with E-state index in [-0.39, 0.29) is 18.2 Å². The number of nitrogens with one attached hydrogen (secondary N) is 1. The first-order chi connectivity index (χ1) is 15.5. The Hall–Kier alpha value is -2.27. The van der Waals surface area contributed by atoms with Gasteiger partial charge in [-0.2, -0.15) is 0 Å². The Morgan fingerprint density at radius 1 is 1.09 bits per heavy atom. The summed E-state index contributed by atoms with van der Waals surface area (Å²) in [5.74, 6) is 0.0639. The number of rotatable bonds is 11. The predicted octanol–water partition coefficient (Wildman–Crippen LogP) is 4.56. The summed E-state index contributed by atoms with van der Waals surface area (Å²) in [5.41, 5.74) is 0.929. The largest absolute Gasteiger partial charge is 0.383 e. The Morgan fingerprint density at radius 3 is 2.56 bits per heavy atom. The van der Waals surface area contributed by atoms with Crippen molar-refractivity contribution in [3.05, 3.63) is 59.1 Å². The minimum Gasteiger partial charge on any atom is -0.383 e. The van der Waals surface area contributed by atoms with Gasteiger partial charge in [-0.05, 0) is 24.3 Å². The number of carbonyl (C=O) groups is 2. The molecule has 3 rings (SSSR count). The van der Waals surface area contributed by atoms with Crippen LogP contribution in [0.5, 0.6) is 0 Å². The molecule has 1 N–H and O–H groups in total. The molecule has 0 radical (unpaired) electrons. The van der Waals surface area contributed by atoms with E-state index in [0.717, 1.165) is 19.9 Å². The van der Waals surface area contributed by atoms with Gasteiger partial charge in [0.1, 0.15) is 5.01 Å². The maximum atomic E-state index is 12.7. The molecule has 0 atom stereocenters. The first kappa shape index (κ1) is 24.4. The Bertz CT molecular complexity index is 1020. The van der Waals surface area contributed by atoms with Gasteiger partial charge in [0, 0.05) is 41.6 Å². The number of ether oxygens (including phenoxy) is 1. The van der Waals surface area contributed by atoms with Gasteiger partial charge in [-0.15, -0.1) is 22.0 Å². The molecule has 0 bridgehead atoms. The van der Waals surface area contributed by atoms with Crippen molar-refractivity contribution < 1.29 is 14.3 Å². The number of thioether (sulfide) groups is 1. The maximum absolute atomic E-state index is 12.7. The number of benzene rings is 2. The molecule has 0 unspecified atom stereocenters. The standard InChI is InChI=1S/C22H23BrN4O3S2/c1-30-14-13-27(20(29)15-31-18-5-3-2-4-6-18)12-11-19(28)24-22-26-25-21(32-22)16-7-9-17(23)10-8-16/h2-10H,11-15H2,1H3,(H,24,26,28). The van der Waals surface area contributed by atoms with Crippen molar-refractivity contribution >= 4 is 56.0 Å². The van der Waals surface area contributed by atoms with Crippen LogP contribution in [-0.2, 0) is 14.3 Å². The Kier molecular flexibility index (Phi) is 9.66. The van der Waals surface area contributed by atoms with Gasteiger partial charge in [0.15, 0.2) is 0 Å². The molecule has 1 aromatic heterocycles. The smallest absolute Gasteiger partial charge is 0.233 e. The normalized spacial score (nSPS) is 10.7. The maximum Gasteiger partial charge on any atom is 0.233 e. The van der Waals surface area contributed by atoms with Gasteiger partial charge in [-0.25, -0.2) is 0 Å². The molecular weight excluding hydrogens is 512 g/mol. The minimum absolute atomic E-state index is 0.0304. The van der Waals surface area contributed by atoms with E-state index in [1.165, 1.54) is 23.1 Å². The second kappa shape index (κ2) is 12.7. The molecule has 3 aromatic rings. The Morgan fingerprint density at radius 2 is 1.84 bits per heavy atom. The highest BCUT2D eigenvalue weighted by atomic mass is 79.9. The molecule has 7 nitrogen and oxygen atoms in total. The molecule has 168 valence electrons. The summed E-state index contributed by atoms with van der Waals surface area (Å²) >= 11 is 6.19. The summed E-state index contributed by atoms with van der Waals surface area (Å²) < 4.78 is 6.10. The molecular formula is C22H23BrN4O3S2. The van der Waals surface area contributed by atoms with Gasteiger partial charge in [0.05, 0.1) is 12.4 Å². The number of hydrogen-bond acceptors (Lipinski definition) is 7. The summed E-state index contributed by atoms with van der Waals surface area (Å²) in [6.07, 6.45) is 0.165. The van der Waals surface area contributed by atoms with E-state index in [2.05, 4.69) is 31.4 Å². The highest BCUT2D eigenvalue weighted by Crippen LogP contribution is 2.27. The van der Waals surface area contributed by atoms with E-state index in [9.17, 15) is 9.59 Å². The summed E-state index contributed by atoms with van der Waals surface area (Å²) in [7, 11) is 1.59. The lowest BCUT2D eigenvalue weighted by Crippen LogP contribution is -2.37. The molecule has 0 aliphatic heterocycles. The quantitative estimate of drug-likeness (QED) is 0.363. The van der Waals surface area contributed by atoms with Crippen molar-refractivity contribution in [2.45, 2.75) is 11.3 Å². The number of anilines is 1. The summed E-state index contributed by atoms with van der Waals surface area (Å²) in [6.45, 7) is 1.16. The number of methoxy groups -OCH3 is 1. The fraction of sp³-hybridized carbons (Fsp3) is 0.273. The molecule has 10 heteroatoms. The van der Waals surface area contributed by atoms with E-state index >= 15 is 0 Å². The number of amides is 2. The zero-order valence-corrected chi connectivity index (χ0v) is 20.7. The fourth-order valence-corrected chi connectivity index (χ4v) is 4.57. The van der Waals surface area contributed by atoms with Gasteiger partial charge >= 0.3 is 0 Å². The van der Waals surface area contributed by atoms with Crippen LogP contribution in [0.1, 0.15) is 6.42 Å². The van der Waals surface area contributed by atoms with Crippen LogP contribution in [0.25, 0.3) is 10.6 Å². The zero-order valence-electron chi connectivity index (χ0n) is 17.5. The zero-order chi connectivity index (χ0) is 22.8.